The van der Waals surface area contributed by atoms with Gasteiger partial charge in [-0.15, -0.1) is 0 Å². The Bertz CT molecular complexity index is 609. The van der Waals surface area contributed by atoms with Crippen LogP contribution >= 0.6 is 0 Å². The third kappa shape index (κ3) is 2.96. The topological polar surface area (TPSA) is 26.3 Å². The van der Waals surface area contributed by atoms with Crippen LogP contribution in [-0.2, 0) is 6.42 Å². The first-order valence-corrected chi connectivity index (χ1v) is 5.72. The van der Waals surface area contributed by atoms with Gasteiger partial charge >= 0.3 is 0 Å². The predicted octanol–water partition coefficient (Wildman–Crippen LogP) is 3.40. The van der Waals surface area contributed by atoms with Crippen molar-refractivity contribution < 1.29 is 18.3 Å². The summed E-state index contributed by atoms with van der Waals surface area (Å²) in [4.78, 5) is 11.9. The van der Waals surface area contributed by atoms with Crippen molar-refractivity contribution in [1.82, 2.24) is 0 Å². The minimum absolute atomic E-state index is 0.0657. The fourth-order valence-corrected chi connectivity index (χ4v) is 1.76. The summed E-state index contributed by atoms with van der Waals surface area (Å²) in [5, 5.41) is 0. The lowest BCUT2D eigenvalue weighted by molar-refractivity contribution is 0.0988. The molecule has 0 N–H and O–H groups in total. The lowest BCUT2D eigenvalue weighted by atomic mass is 10.0. The Balaban J connectivity index is 2.23. The van der Waals surface area contributed by atoms with Crippen LogP contribution in [0.1, 0.15) is 15.9 Å². The van der Waals surface area contributed by atoms with E-state index < -0.39 is 17.4 Å². The number of methoxy groups -OCH3 is 1. The maximum absolute atomic E-state index is 13.7. The molecular formula is C15H12F2O2. The number of rotatable bonds is 4. The zero-order valence-corrected chi connectivity index (χ0v) is 10.3. The van der Waals surface area contributed by atoms with Gasteiger partial charge in [0.15, 0.2) is 5.78 Å². The van der Waals surface area contributed by atoms with E-state index in [1.807, 2.05) is 0 Å². The van der Waals surface area contributed by atoms with Gasteiger partial charge < -0.3 is 4.74 Å². The zero-order chi connectivity index (χ0) is 13.8. The second-order valence-corrected chi connectivity index (χ2v) is 4.04. The van der Waals surface area contributed by atoms with Crippen LogP contribution in [0.15, 0.2) is 42.5 Å². The Labute approximate surface area is 109 Å². The molecule has 4 heteroatoms. The fourth-order valence-electron chi connectivity index (χ4n) is 1.76. The fraction of sp³-hybridized carbons (Fsp3) is 0.133. The lowest BCUT2D eigenvalue weighted by Crippen LogP contribution is -2.07. The molecule has 0 amide bonds. The van der Waals surface area contributed by atoms with Crippen molar-refractivity contribution in [2.45, 2.75) is 6.42 Å². The van der Waals surface area contributed by atoms with Gasteiger partial charge in [0, 0.05) is 12.5 Å². The van der Waals surface area contributed by atoms with Crippen LogP contribution in [0.25, 0.3) is 0 Å². The molecule has 0 unspecified atom stereocenters. The Morgan fingerprint density at radius 3 is 2.47 bits per heavy atom. The summed E-state index contributed by atoms with van der Waals surface area (Å²) in [7, 11) is 1.41. The smallest absolute Gasteiger partial charge is 0.170 e. The standard InChI is InChI=1S/C15H12F2O2/c1-19-11-6-7-12(14(17)9-11)15(18)8-10-4-2-3-5-13(10)16/h2-7,9H,8H2,1H3. The second-order valence-electron chi connectivity index (χ2n) is 4.04. The monoisotopic (exact) mass is 262 g/mol. The molecule has 0 saturated heterocycles. The van der Waals surface area contributed by atoms with E-state index in [1.165, 1.54) is 37.4 Å². The van der Waals surface area contributed by atoms with Crippen LogP contribution < -0.4 is 4.74 Å². The molecule has 0 spiro atoms. The number of ketones is 1. The van der Waals surface area contributed by atoms with Gasteiger partial charge in [-0.1, -0.05) is 18.2 Å². The molecular weight excluding hydrogens is 250 g/mol. The van der Waals surface area contributed by atoms with E-state index in [9.17, 15) is 13.6 Å². The number of carbonyl (C=O) groups excluding carboxylic acids is 1. The first-order chi connectivity index (χ1) is 9.11. The molecule has 0 radical (unpaired) electrons. The summed E-state index contributed by atoms with van der Waals surface area (Å²) in [6.07, 6.45) is -0.171. The van der Waals surface area contributed by atoms with Crippen LogP contribution in [-0.4, -0.2) is 12.9 Å². The summed E-state index contributed by atoms with van der Waals surface area (Å²) in [6.45, 7) is 0. The number of benzene rings is 2. The van der Waals surface area contributed by atoms with Crippen molar-refractivity contribution in [3.63, 3.8) is 0 Å². The van der Waals surface area contributed by atoms with Crippen LogP contribution in [0.5, 0.6) is 5.75 Å². The number of hydrogen-bond acceptors (Lipinski definition) is 2. The van der Waals surface area contributed by atoms with E-state index in [-0.39, 0.29) is 17.5 Å². The van der Waals surface area contributed by atoms with E-state index in [4.69, 9.17) is 4.74 Å². The second kappa shape index (κ2) is 5.61. The summed E-state index contributed by atoms with van der Waals surface area (Å²) in [6, 6.07) is 9.93. The minimum Gasteiger partial charge on any atom is -0.497 e. The highest BCUT2D eigenvalue weighted by molar-refractivity contribution is 5.97. The van der Waals surface area contributed by atoms with Crippen molar-refractivity contribution in [1.29, 1.82) is 0 Å². The first-order valence-electron chi connectivity index (χ1n) is 5.72. The van der Waals surface area contributed by atoms with Gasteiger partial charge in [-0.3, -0.25) is 4.79 Å². The predicted molar refractivity (Wildman–Crippen MR) is 67.4 cm³/mol. The van der Waals surface area contributed by atoms with Gasteiger partial charge in [0.1, 0.15) is 17.4 Å². The molecule has 0 aliphatic rings. The van der Waals surface area contributed by atoms with Crippen molar-refractivity contribution in [2.75, 3.05) is 7.11 Å². The van der Waals surface area contributed by atoms with Gasteiger partial charge in [-0.25, -0.2) is 8.78 Å². The highest BCUT2D eigenvalue weighted by Gasteiger charge is 2.14. The average molecular weight is 262 g/mol. The Kier molecular flexibility index (Phi) is 3.90. The van der Waals surface area contributed by atoms with Gasteiger partial charge in [0.25, 0.3) is 0 Å². The third-order valence-corrected chi connectivity index (χ3v) is 2.79. The minimum atomic E-state index is -0.666. The molecule has 0 saturated carbocycles. The molecule has 19 heavy (non-hydrogen) atoms. The lowest BCUT2D eigenvalue weighted by Gasteiger charge is -2.06. The first kappa shape index (κ1) is 13.2. The Hall–Kier alpha value is -2.23. The van der Waals surface area contributed by atoms with Gasteiger partial charge in [-0.2, -0.15) is 0 Å². The van der Waals surface area contributed by atoms with E-state index in [1.54, 1.807) is 6.07 Å². The largest absolute Gasteiger partial charge is 0.497 e. The quantitative estimate of drug-likeness (QED) is 0.789. The number of halogens is 2. The van der Waals surface area contributed by atoms with Crippen LogP contribution in [0, 0.1) is 11.6 Å². The van der Waals surface area contributed by atoms with Gasteiger partial charge in [-0.05, 0) is 23.8 Å². The maximum atomic E-state index is 13.7. The molecule has 2 nitrogen and oxygen atoms in total. The highest BCUT2D eigenvalue weighted by atomic mass is 19.1. The molecule has 2 rings (SSSR count). The Morgan fingerprint density at radius 2 is 1.84 bits per heavy atom. The molecule has 0 atom stereocenters. The zero-order valence-electron chi connectivity index (χ0n) is 10.3. The number of hydrogen-bond donors (Lipinski definition) is 0. The van der Waals surface area contributed by atoms with Crippen molar-refractivity contribution in [2.24, 2.45) is 0 Å². The molecule has 98 valence electrons. The average Bonchev–Trinajstić information content (AvgIpc) is 2.41. The summed E-state index contributed by atoms with van der Waals surface area (Å²) in [5.74, 6) is -1.27. The van der Waals surface area contributed by atoms with Gasteiger partial charge in [0.2, 0.25) is 0 Å². The van der Waals surface area contributed by atoms with Crippen molar-refractivity contribution in [3.8, 4) is 5.75 Å². The normalized spacial score (nSPS) is 10.3. The molecule has 2 aromatic rings. The van der Waals surface area contributed by atoms with Crippen molar-refractivity contribution in [3.05, 3.63) is 65.2 Å². The molecule has 0 aliphatic heterocycles. The maximum Gasteiger partial charge on any atom is 0.170 e. The SMILES string of the molecule is COc1ccc(C(=O)Cc2ccccc2F)c(F)c1. The number of Topliss-reactive ketones (excluding diaryl/α,β-unsaturated/α-hetero) is 1. The summed E-state index contributed by atoms with van der Waals surface area (Å²) in [5.41, 5.74) is 0.187. The van der Waals surface area contributed by atoms with E-state index in [0.717, 1.165) is 6.07 Å². The highest BCUT2D eigenvalue weighted by Crippen LogP contribution is 2.18. The van der Waals surface area contributed by atoms with Gasteiger partial charge in [0.05, 0.1) is 12.7 Å². The number of carbonyl (C=O) groups is 1. The molecule has 0 aromatic heterocycles. The Morgan fingerprint density at radius 1 is 1.11 bits per heavy atom. The molecule has 0 bridgehead atoms. The molecule has 0 aliphatic carbocycles. The van der Waals surface area contributed by atoms with E-state index in [0.29, 0.717) is 5.75 Å². The van der Waals surface area contributed by atoms with E-state index >= 15 is 0 Å². The van der Waals surface area contributed by atoms with Crippen LogP contribution in [0.2, 0.25) is 0 Å². The summed E-state index contributed by atoms with van der Waals surface area (Å²) < 4.78 is 32.0. The molecule has 2 aromatic carbocycles. The van der Waals surface area contributed by atoms with E-state index in [2.05, 4.69) is 0 Å². The third-order valence-electron chi connectivity index (χ3n) is 2.79. The molecule has 0 fully saturated rings. The summed E-state index contributed by atoms with van der Waals surface area (Å²) >= 11 is 0. The molecule has 0 heterocycles. The number of ether oxygens (including phenoxy) is 1. The van der Waals surface area contributed by atoms with Crippen LogP contribution in [0.4, 0.5) is 8.78 Å². The van der Waals surface area contributed by atoms with Crippen LogP contribution in [0.3, 0.4) is 0 Å². The van der Waals surface area contributed by atoms with Crippen molar-refractivity contribution >= 4 is 5.78 Å².